The number of fused-ring (bicyclic) bond motifs is 1. The lowest BCUT2D eigenvalue weighted by molar-refractivity contribution is 0.0524. The molecule has 2 aliphatic rings. The van der Waals surface area contributed by atoms with Gasteiger partial charge in [0.25, 0.3) is 5.56 Å². The summed E-state index contributed by atoms with van der Waals surface area (Å²) in [5.74, 6) is -0.891. The zero-order valence-corrected chi connectivity index (χ0v) is 14.5. The van der Waals surface area contributed by atoms with Crippen LogP contribution in [0.25, 0.3) is 10.9 Å². The van der Waals surface area contributed by atoms with Gasteiger partial charge in [-0.15, -0.1) is 0 Å². The van der Waals surface area contributed by atoms with E-state index < -0.39 is 23.2 Å². The predicted molar refractivity (Wildman–Crippen MR) is 95.2 cm³/mol. The molecule has 1 aliphatic carbocycles. The van der Waals surface area contributed by atoms with Gasteiger partial charge in [-0.3, -0.25) is 14.3 Å². The van der Waals surface area contributed by atoms with Gasteiger partial charge in [-0.1, -0.05) is 0 Å². The zero-order valence-electron chi connectivity index (χ0n) is 14.5. The Hall–Kier alpha value is -2.19. The third-order valence-corrected chi connectivity index (χ3v) is 5.54. The number of piperidine rings is 1. The lowest BCUT2D eigenvalue weighted by atomic mass is 9.94. The highest BCUT2D eigenvalue weighted by Gasteiger charge is 2.32. The normalized spacial score (nSPS) is 23.6. The first-order valence-corrected chi connectivity index (χ1v) is 8.94. The number of nitrogens with zero attached hydrogens (tertiary/aromatic N) is 2. The summed E-state index contributed by atoms with van der Waals surface area (Å²) in [6.45, 7) is 2.30. The largest absolute Gasteiger partial charge is 0.396 e. The van der Waals surface area contributed by atoms with E-state index >= 15 is 0 Å². The van der Waals surface area contributed by atoms with Crippen LogP contribution in [0.4, 0.5) is 10.1 Å². The summed E-state index contributed by atoms with van der Waals surface area (Å²) < 4.78 is 16.5. The number of aromatic nitrogens is 2. The molecule has 3 N–H and O–H groups in total. The number of nitrogens with one attached hydrogen (secondary N) is 1. The number of benzene rings is 1. The molecule has 1 saturated heterocycles. The standard InChI is InChI=1S/C18H22FN3O4/c1-9-15-12(17(25)20-18(26)22(15)11-2-3-11)6-13(19)16(9)21-5-4-14(24)10(7-21)8-23/h6,10-11,14,23-24H,2-5,7-8H2,1H3,(H,20,25,26). The van der Waals surface area contributed by atoms with Gasteiger partial charge in [0.05, 0.1) is 29.3 Å². The molecule has 1 aromatic heterocycles. The van der Waals surface area contributed by atoms with Crippen LogP contribution in [-0.2, 0) is 0 Å². The SMILES string of the molecule is Cc1c(N2CCC(O)C(CO)C2)c(F)cc2c(=O)[nH]c(=O)n(C3CC3)c12. The smallest absolute Gasteiger partial charge is 0.329 e. The lowest BCUT2D eigenvalue weighted by Crippen LogP contribution is -2.45. The maximum Gasteiger partial charge on any atom is 0.329 e. The molecule has 0 bridgehead atoms. The van der Waals surface area contributed by atoms with E-state index in [-0.39, 0.29) is 24.0 Å². The van der Waals surface area contributed by atoms with Gasteiger partial charge in [-0.2, -0.15) is 0 Å². The molecule has 0 amide bonds. The highest BCUT2D eigenvalue weighted by molar-refractivity contribution is 5.87. The molecule has 140 valence electrons. The maximum absolute atomic E-state index is 14.9. The molecule has 2 aromatic rings. The molecule has 2 unspecified atom stereocenters. The molecule has 0 spiro atoms. The molecule has 2 fully saturated rings. The van der Waals surface area contributed by atoms with Crippen LogP contribution in [0.3, 0.4) is 0 Å². The molecule has 1 aromatic carbocycles. The van der Waals surface area contributed by atoms with Crippen LogP contribution in [-0.4, -0.2) is 45.6 Å². The Morgan fingerprint density at radius 1 is 1.31 bits per heavy atom. The van der Waals surface area contributed by atoms with Crippen molar-refractivity contribution in [1.29, 1.82) is 0 Å². The molecule has 2 heterocycles. The Balaban J connectivity index is 1.92. The van der Waals surface area contributed by atoms with Crippen LogP contribution in [0.5, 0.6) is 0 Å². The predicted octanol–water partition coefficient (Wildman–Crippen LogP) is 0.652. The fourth-order valence-electron chi connectivity index (χ4n) is 4.04. The molecule has 0 radical (unpaired) electrons. The van der Waals surface area contributed by atoms with Gasteiger partial charge < -0.3 is 15.1 Å². The second kappa shape index (κ2) is 6.21. The van der Waals surface area contributed by atoms with E-state index in [1.165, 1.54) is 6.07 Å². The van der Waals surface area contributed by atoms with Gasteiger partial charge in [0.15, 0.2) is 0 Å². The quantitative estimate of drug-likeness (QED) is 0.744. The van der Waals surface area contributed by atoms with E-state index in [1.807, 2.05) is 0 Å². The van der Waals surface area contributed by atoms with Crippen LogP contribution in [0, 0.1) is 18.7 Å². The van der Waals surface area contributed by atoms with E-state index in [0.717, 1.165) is 12.8 Å². The number of aliphatic hydroxyl groups is 2. The molecule has 7 nitrogen and oxygen atoms in total. The van der Waals surface area contributed by atoms with Crippen molar-refractivity contribution in [2.24, 2.45) is 5.92 Å². The summed E-state index contributed by atoms with van der Waals surface area (Å²) in [6, 6.07) is 1.22. The van der Waals surface area contributed by atoms with Crippen molar-refractivity contribution in [1.82, 2.24) is 9.55 Å². The number of halogens is 1. The highest BCUT2D eigenvalue weighted by Crippen LogP contribution is 2.38. The number of hydrogen-bond acceptors (Lipinski definition) is 5. The lowest BCUT2D eigenvalue weighted by Gasteiger charge is -2.37. The summed E-state index contributed by atoms with van der Waals surface area (Å²) in [5.41, 5.74) is 0.306. The first kappa shape index (κ1) is 17.2. The number of H-pyrrole nitrogens is 1. The Kier molecular flexibility index (Phi) is 4.11. The molecular formula is C18H22FN3O4. The molecular weight excluding hydrogens is 341 g/mol. The molecule has 8 heteroatoms. The Morgan fingerprint density at radius 2 is 2.04 bits per heavy atom. The van der Waals surface area contributed by atoms with Gasteiger partial charge in [0, 0.05) is 30.6 Å². The van der Waals surface area contributed by atoms with Gasteiger partial charge in [0.2, 0.25) is 0 Å². The van der Waals surface area contributed by atoms with Crippen molar-refractivity contribution in [3.8, 4) is 0 Å². The Bertz CT molecular complexity index is 979. The summed E-state index contributed by atoms with van der Waals surface area (Å²) >= 11 is 0. The second-order valence-corrected chi connectivity index (χ2v) is 7.33. The number of aromatic amines is 1. The summed E-state index contributed by atoms with van der Waals surface area (Å²) in [6.07, 6.45) is 1.52. The average Bonchev–Trinajstić information content (AvgIpc) is 3.42. The minimum absolute atomic E-state index is 0.0345. The monoisotopic (exact) mass is 363 g/mol. The molecule has 2 atom stereocenters. The van der Waals surface area contributed by atoms with Gasteiger partial charge in [-0.25, -0.2) is 9.18 Å². The second-order valence-electron chi connectivity index (χ2n) is 7.33. The first-order chi connectivity index (χ1) is 12.4. The van der Waals surface area contributed by atoms with Crippen molar-refractivity contribution in [2.75, 3.05) is 24.6 Å². The fraction of sp³-hybridized carbons (Fsp3) is 0.556. The minimum atomic E-state index is -0.618. The summed E-state index contributed by atoms with van der Waals surface area (Å²) in [7, 11) is 0. The zero-order chi connectivity index (χ0) is 18.6. The van der Waals surface area contributed by atoms with Crippen LogP contribution >= 0.6 is 0 Å². The van der Waals surface area contributed by atoms with Crippen molar-refractivity contribution >= 4 is 16.6 Å². The number of anilines is 1. The molecule has 1 saturated carbocycles. The maximum atomic E-state index is 14.9. The van der Waals surface area contributed by atoms with Crippen LogP contribution in [0.15, 0.2) is 15.7 Å². The number of aliphatic hydroxyl groups excluding tert-OH is 2. The Labute approximate surface area is 148 Å². The number of hydrogen-bond donors (Lipinski definition) is 3. The minimum Gasteiger partial charge on any atom is -0.396 e. The molecule has 1 aliphatic heterocycles. The summed E-state index contributed by atoms with van der Waals surface area (Å²) in [4.78, 5) is 28.6. The van der Waals surface area contributed by atoms with Crippen molar-refractivity contribution < 1.29 is 14.6 Å². The first-order valence-electron chi connectivity index (χ1n) is 8.94. The topological polar surface area (TPSA) is 98.6 Å². The molecule has 26 heavy (non-hydrogen) atoms. The van der Waals surface area contributed by atoms with Crippen molar-refractivity contribution in [3.05, 3.63) is 38.3 Å². The van der Waals surface area contributed by atoms with Crippen LogP contribution in [0.1, 0.15) is 30.9 Å². The number of rotatable bonds is 3. The van der Waals surface area contributed by atoms with E-state index in [0.29, 0.717) is 36.3 Å². The third-order valence-electron chi connectivity index (χ3n) is 5.54. The fourth-order valence-corrected chi connectivity index (χ4v) is 4.04. The van der Waals surface area contributed by atoms with Crippen LogP contribution < -0.4 is 16.1 Å². The highest BCUT2D eigenvalue weighted by atomic mass is 19.1. The van der Waals surface area contributed by atoms with E-state index in [4.69, 9.17) is 0 Å². The van der Waals surface area contributed by atoms with Gasteiger partial charge >= 0.3 is 5.69 Å². The number of aryl methyl sites for hydroxylation is 1. The van der Waals surface area contributed by atoms with E-state index in [9.17, 15) is 24.2 Å². The summed E-state index contributed by atoms with van der Waals surface area (Å²) in [5, 5.41) is 19.6. The van der Waals surface area contributed by atoms with E-state index in [2.05, 4.69) is 4.98 Å². The van der Waals surface area contributed by atoms with E-state index in [1.54, 1.807) is 16.4 Å². The van der Waals surface area contributed by atoms with Crippen LogP contribution in [0.2, 0.25) is 0 Å². The van der Waals surface area contributed by atoms with Gasteiger partial charge in [-0.05, 0) is 32.3 Å². The van der Waals surface area contributed by atoms with Crippen molar-refractivity contribution in [2.45, 2.75) is 38.3 Å². The Morgan fingerprint density at radius 3 is 2.69 bits per heavy atom. The molecule has 4 rings (SSSR count). The van der Waals surface area contributed by atoms with Crippen molar-refractivity contribution in [3.63, 3.8) is 0 Å². The third kappa shape index (κ3) is 2.64. The average molecular weight is 363 g/mol. The van der Waals surface area contributed by atoms with Gasteiger partial charge in [0.1, 0.15) is 5.82 Å².